The first-order chi connectivity index (χ1) is 11.3. The first-order valence-electron chi connectivity index (χ1n) is 7.94. The second-order valence-electron chi connectivity index (χ2n) is 5.79. The Morgan fingerprint density at radius 1 is 1.22 bits per heavy atom. The summed E-state index contributed by atoms with van der Waals surface area (Å²) in [6.07, 6.45) is 6.69. The van der Waals surface area contributed by atoms with Crippen LogP contribution < -0.4 is 5.32 Å². The van der Waals surface area contributed by atoms with Crippen LogP contribution in [0.4, 0.5) is 0 Å². The summed E-state index contributed by atoms with van der Waals surface area (Å²) < 4.78 is 10.3. The lowest BCUT2D eigenvalue weighted by molar-refractivity contribution is -0.145. The minimum atomic E-state index is -0.335. The molecule has 1 fully saturated rings. The van der Waals surface area contributed by atoms with E-state index in [1.54, 1.807) is 6.07 Å². The van der Waals surface area contributed by atoms with Crippen molar-refractivity contribution in [1.82, 2.24) is 15.4 Å². The summed E-state index contributed by atoms with van der Waals surface area (Å²) in [6, 6.07) is 1.71. The molecular formula is C16H21N3O4. The predicted molar refractivity (Wildman–Crippen MR) is 81.1 cm³/mol. The molecule has 2 atom stereocenters. The summed E-state index contributed by atoms with van der Waals surface area (Å²) in [5.41, 5.74) is 0. The van der Waals surface area contributed by atoms with Gasteiger partial charge in [0, 0.05) is 19.2 Å². The number of allylic oxidation sites excluding steroid dienone is 2. The van der Waals surface area contributed by atoms with Gasteiger partial charge in [0.15, 0.2) is 5.76 Å². The Labute approximate surface area is 134 Å². The van der Waals surface area contributed by atoms with E-state index < -0.39 is 0 Å². The number of rotatable bonds is 4. The highest BCUT2D eigenvalue weighted by atomic mass is 16.5. The highest BCUT2D eigenvalue weighted by Gasteiger charge is 2.36. The van der Waals surface area contributed by atoms with Crippen LogP contribution in [0.25, 0.3) is 0 Å². The summed E-state index contributed by atoms with van der Waals surface area (Å²) in [5.74, 6) is -0.0957. The minimum absolute atomic E-state index is 0.0532. The third kappa shape index (κ3) is 3.79. The molecule has 7 nitrogen and oxygen atoms in total. The summed E-state index contributed by atoms with van der Waals surface area (Å²) in [7, 11) is 0. The SMILES string of the molecule is O=C(NCc1ccno1)C1CC=CCC1C(=O)N1CCOCC1. The average Bonchev–Trinajstić information content (AvgIpc) is 3.13. The van der Waals surface area contributed by atoms with Crippen LogP contribution in [0.3, 0.4) is 0 Å². The largest absolute Gasteiger partial charge is 0.378 e. The first-order valence-corrected chi connectivity index (χ1v) is 7.94. The van der Waals surface area contributed by atoms with Crippen molar-refractivity contribution in [2.24, 2.45) is 11.8 Å². The number of hydrogen-bond acceptors (Lipinski definition) is 5. The van der Waals surface area contributed by atoms with Crippen LogP contribution >= 0.6 is 0 Å². The molecular weight excluding hydrogens is 298 g/mol. The normalized spacial score (nSPS) is 24.4. The predicted octanol–water partition coefficient (Wildman–Crippen LogP) is 0.732. The van der Waals surface area contributed by atoms with Crippen molar-refractivity contribution in [3.05, 3.63) is 30.2 Å². The van der Waals surface area contributed by atoms with Crippen LogP contribution in [0.1, 0.15) is 18.6 Å². The molecule has 1 N–H and O–H groups in total. The average molecular weight is 319 g/mol. The lowest BCUT2D eigenvalue weighted by Gasteiger charge is -2.34. The van der Waals surface area contributed by atoms with Gasteiger partial charge in [0.25, 0.3) is 0 Å². The van der Waals surface area contributed by atoms with Crippen molar-refractivity contribution in [2.45, 2.75) is 19.4 Å². The molecule has 124 valence electrons. The molecule has 2 unspecified atom stereocenters. The first kappa shape index (κ1) is 15.7. The maximum atomic E-state index is 12.7. The third-order valence-corrected chi connectivity index (χ3v) is 4.34. The number of nitrogens with one attached hydrogen (secondary N) is 1. The van der Waals surface area contributed by atoms with Gasteiger partial charge in [-0.2, -0.15) is 0 Å². The highest BCUT2D eigenvalue weighted by molar-refractivity contribution is 5.88. The van der Waals surface area contributed by atoms with Gasteiger partial charge < -0.3 is 19.5 Å². The van der Waals surface area contributed by atoms with E-state index in [2.05, 4.69) is 10.5 Å². The summed E-state index contributed by atoms with van der Waals surface area (Å²) in [5, 5.41) is 6.45. The number of carbonyl (C=O) groups excluding carboxylic acids is 2. The Morgan fingerprint density at radius 3 is 2.65 bits per heavy atom. The second-order valence-corrected chi connectivity index (χ2v) is 5.79. The highest BCUT2D eigenvalue weighted by Crippen LogP contribution is 2.28. The van der Waals surface area contributed by atoms with E-state index in [0.29, 0.717) is 44.9 Å². The molecule has 2 aliphatic rings. The zero-order valence-corrected chi connectivity index (χ0v) is 12.9. The molecule has 7 heteroatoms. The number of aromatic nitrogens is 1. The van der Waals surface area contributed by atoms with Crippen LogP contribution in [0.2, 0.25) is 0 Å². The van der Waals surface area contributed by atoms with Crippen molar-refractivity contribution in [3.8, 4) is 0 Å². The van der Waals surface area contributed by atoms with Crippen LogP contribution in [0, 0.1) is 11.8 Å². The molecule has 1 aromatic heterocycles. The van der Waals surface area contributed by atoms with E-state index in [4.69, 9.17) is 9.26 Å². The van der Waals surface area contributed by atoms with Crippen LogP contribution in [0.5, 0.6) is 0 Å². The van der Waals surface area contributed by atoms with Gasteiger partial charge in [-0.25, -0.2) is 0 Å². The summed E-state index contributed by atoms with van der Waals surface area (Å²) in [4.78, 5) is 27.0. The molecule has 2 amide bonds. The Morgan fingerprint density at radius 2 is 1.96 bits per heavy atom. The molecule has 1 aromatic rings. The molecule has 23 heavy (non-hydrogen) atoms. The van der Waals surface area contributed by atoms with E-state index in [0.717, 1.165) is 0 Å². The van der Waals surface area contributed by atoms with E-state index in [-0.39, 0.29) is 30.2 Å². The van der Waals surface area contributed by atoms with Crippen molar-refractivity contribution in [3.63, 3.8) is 0 Å². The standard InChI is InChI=1S/C16H21N3O4/c20-15(17-11-12-5-6-18-23-12)13-3-1-2-4-14(13)16(21)19-7-9-22-10-8-19/h1-2,5-6,13-14H,3-4,7-11H2,(H,17,20). The lowest BCUT2D eigenvalue weighted by atomic mass is 9.81. The van der Waals surface area contributed by atoms with Gasteiger partial charge in [-0.3, -0.25) is 9.59 Å². The van der Waals surface area contributed by atoms with Crippen LogP contribution in [-0.4, -0.2) is 48.2 Å². The van der Waals surface area contributed by atoms with Crippen molar-refractivity contribution < 1.29 is 18.8 Å². The lowest BCUT2D eigenvalue weighted by Crippen LogP contribution is -2.48. The molecule has 1 saturated heterocycles. The number of ether oxygens (including phenoxy) is 1. The number of hydrogen-bond donors (Lipinski definition) is 1. The molecule has 1 aliphatic carbocycles. The molecule has 0 bridgehead atoms. The smallest absolute Gasteiger partial charge is 0.226 e. The van der Waals surface area contributed by atoms with Gasteiger partial charge in [-0.15, -0.1) is 0 Å². The molecule has 1 aliphatic heterocycles. The maximum Gasteiger partial charge on any atom is 0.226 e. The minimum Gasteiger partial charge on any atom is -0.378 e. The fourth-order valence-corrected chi connectivity index (χ4v) is 3.03. The zero-order valence-electron chi connectivity index (χ0n) is 12.9. The molecule has 0 spiro atoms. The van der Waals surface area contributed by atoms with Gasteiger partial charge in [-0.1, -0.05) is 17.3 Å². The quantitative estimate of drug-likeness (QED) is 0.827. The van der Waals surface area contributed by atoms with Gasteiger partial charge in [-0.05, 0) is 12.8 Å². The Hall–Kier alpha value is -2.15. The van der Waals surface area contributed by atoms with E-state index in [1.165, 1.54) is 6.20 Å². The summed E-state index contributed by atoms with van der Waals surface area (Å²) >= 11 is 0. The van der Waals surface area contributed by atoms with Crippen molar-refractivity contribution >= 4 is 11.8 Å². The monoisotopic (exact) mass is 319 g/mol. The van der Waals surface area contributed by atoms with E-state index in [1.807, 2.05) is 17.1 Å². The summed E-state index contributed by atoms with van der Waals surface area (Å²) in [6.45, 7) is 2.63. The second kappa shape index (κ2) is 7.41. The van der Waals surface area contributed by atoms with Crippen LogP contribution in [0.15, 0.2) is 28.9 Å². The molecule has 3 rings (SSSR count). The van der Waals surface area contributed by atoms with E-state index in [9.17, 15) is 9.59 Å². The van der Waals surface area contributed by atoms with E-state index >= 15 is 0 Å². The fourth-order valence-electron chi connectivity index (χ4n) is 3.03. The Kier molecular flexibility index (Phi) is 5.07. The van der Waals surface area contributed by atoms with Gasteiger partial charge in [0.05, 0.1) is 37.8 Å². The Bertz CT molecular complexity index is 564. The van der Waals surface area contributed by atoms with Gasteiger partial charge in [0.2, 0.25) is 11.8 Å². The van der Waals surface area contributed by atoms with Gasteiger partial charge >= 0.3 is 0 Å². The zero-order chi connectivity index (χ0) is 16.1. The molecule has 2 heterocycles. The number of nitrogens with zero attached hydrogens (tertiary/aromatic N) is 2. The number of amides is 2. The fraction of sp³-hybridized carbons (Fsp3) is 0.562. The number of carbonyl (C=O) groups is 2. The molecule has 0 saturated carbocycles. The van der Waals surface area contributed by atoms with Crippen molar-refractivity contribution in [1.29, 1.82) is 0 Å². The topological polar surface area (TPSA) is 84.7 Å². The van der Waals surface area contributed by atoms with Gasteiger partial charge in [0.1, 0.15) is 0 Å². The third-order valence-electron chi connectivity index (χ3n) is 4.34. The molecule has 0 radical (unpaired) electrons. The maximum absolute atomic E-state index is 12.7. The number of morpholine rings is 1. The van der Waals surface area contributed by atoms with Crippen LogP contribution in [-0.2, 0) is 20.9 Å². The Balaban J connectivity index is 1.62. The van der Waals surface area contributed by atoms with Crippen molar-refractivity contribution in [2.75, 3.05) is 26.3 Å². The molecule has 0 aromatic carbocycles.